The van der Waals surface area contributed by atoms with Crippen LogP contribution in [-0.2, 0) is 0 Å². The topological polar surface area (TPSA) is 57.4 Å². The zero-order valence-corrected chi connectivity index (χ0v) is 22.0. The van der Waals surface area contributed by atoms with Crippen LogP contribution < -0.4 is 4.74 Å². The molecule has 2 aliphatic heterocycles. The molecule has 1 N–H and O–H groups in total. The first-order valence-corrected chi connectivity index (χ1v) is 13.5. The van der Waals surface area contributed by atoms with Crippen molar-refractivity contribution in [3.63, 3.8) is 0 Å². The number of carbonyl (C=O) groups is 1. The summed E-state index contributed by atoms with van der Waals surface area (Å²) in [6.07, 6.45) is 3.22. The van der Waals surface area contributed by atoms with Gasteiger partial charge < -0.3 is 19.6 Å². The zero-order valence-electron chi connectivity index (χ0n) is 22.0. The fourth-order valence-electron chi connectivity index (χ4n) is 5.21. The number of hydrogen-bond donors (Lipinski definition) is 1. The summed E-state index contributed by atoms with van der Waals surface area (Å²) in [5.41, 5.74) is 1.78. The van der Waals surface area contributed by atoms with Gasteiger partial charge in [-0.15, -0.1) is 0 Å². The summed E-state index contributed by atoms with van der Waals surface area (Å²) in [6, 6.07) is 13.0. The lowest BCUT2D eigenvalue weighted by molar-refractivity contribution is 0.0569. The number of alkyl halides is 1. The van der Waals surface area contributed by atoms with Crippen molar-refractivity contribution >= 4 is 11.6 Å². The van der Waals surface area contributed by atoms with Gasteiger partial charge in [-0.25, -0.2) is 9.24 Å². The average molecular weight is 508 g/mol. The molecule has 37 heavy (non-hydrogen) atoms. The molecule has 0 saturated carbocycles. The maximum absolute atomic E-state index is 14.8. The molecule has 0 bridgehead atoms. The molecule has 1 amide bonds. The highest BCUT2D eigenvalue weighted by Crippen LogP contribution is 2.34. The van der Waals surface area contributed by atoms with Crippen LogP contribution in [0.3, 0.4) is 0 Å². The number of aliphatic hydroxyl groups is 1. The summed E-state index contributed by atoms with van der Waals surface area (Å²) < 4.78 is 20.8. The van der Waals surface area contributed by atoms with Gasteiger partial charge in [0, 0.05) is 25.2 Å². The molecule has 0 spiro atoms. The molecule has 7 heteroatoms. The van der Waals surface area contributed by atoms with E-state index in [1.807, 2.05) is 44.2 Å². The van der Waals surface area contributed by atoms with Crippen LogP contribution in [0.4, 0.5) is 10.1 Å². The smallest absolute Gasteiger partial charge is 0.253 e. The van der Waals surface area contributed by atoms with Crippen LogP contribution in [0.1, 0.15) is 56.3 Å². The summed E-state index contributed by atoms with van der Waals surface area (Å²) in [5, 5.41) is 9.69. The average Bonchev–Trinajstić information content (AvgIpc) is 3.38. The summed E-state index contributed by atoms with van der Waals surface area (Å²) in [5.74, 6) is 0.910. The minimum Gasteiger partial charge on any atom is -0.504 e. The quantitative estimate of drug-likeness (QED) is 0.441. The van der Waals surface area contributed by atoms with E-state index in [0.29, 0.717) is 68.4 Å². The Morgan fingerprint density at radius 3 is 2.35 bits per heavy atom. The molecule has 2 fully saturated rings. The molecule has 2 aromatic carbocycles. The van der Waals surface area contributed by atoms with E-state index in [1.165, 1.54) is 0 Å². The van der Waals surface area contributed by atoms with Gasteiger partial charge in [-0.05, 0) is 86.5 Å². The first kappa shape index (κ1) is 27.1. The fourth-order valence-corrected chi connectivity index (χ4v) is 5.21. The predicted octanol–water partition coefficient (Wildman–Crippen LogP) is 5.73. The SMILES string of the molecule is [C-]#[N+]c1cc(-c2ccc(C(=O)N3CC[C@H](O)C3)cc2)ccc1OCC1CCN(CC(F)(CC)CC)CC1. The van der Waals surface area contributed by atoms with Gasteiger partial charge >= 0.3 is 0 Å². The Morgan fingerprint density at radius 1 is 1.08 bits per heavy atom. The molecule has 0 unspecified atom stereocenters. The van der Waals surface area contributed by atoms with Gasteiger partial charge in [0.1, 0.15) is 11.4 Å². The summed E-state index contributed by atoms with van der Waals surface area (Å²) >= 11 is 0. The third-order valence-electron chi connectivity index (χ3n) is 7.95. The van der Waals surface area contributed by atoms with Gasteiger partial charge in [0.25, 0.3) is 5.91 Å². The van der Waals surface area contributed by atoms with E-state index in [0.717, 1.165) is 37.1 Å². The Balaban J connectivity index is 1.32. The Labute approximate surface area is 219 Å². The number of halogens is 1. The number of nitrogens with zero attached hydrogens (tertiary/aromatic N) is 3. The van der Waals surface area contributed by atoms with Crippen molar-refractivity contribution in [2.75, 3.05) is 39.3 Å². The molecule has 2 aliphatic rings. The first-order valence-electron chi connectivity index (χ1n) is 13.5. The maximum atomic E-state index is 14.8. The number of amides is 1. The van der Waals surface area contributed by atoms with Gasteiger partial charge in [-0.2, -0.15) is 0 Å². The first-order chi connectivity index (χ1) is 17.8. The van der Waals surface area contributed by atoms with Crippen LogP contribution in [0.15, 0.2) is 42.5 Å². The van der Waals surface area contributed by atoms with Gasteiger partial charge in [-0.3, -0.25) is 4.79 Å². The highest BCUT2D eigenvalue weighted by atomic mass is 19.1. The van der Waals surface area contributed by atoms with Crippen molar-refractivity contribution < 1.29 is 19.0 Å². The summed E-state index contributed by atoms with van der Waals surface area (Å²) in [4.78, 5) is 20.2. The molecule has 198 valence electrons. The largest absolute Gasteiger partial charge is 0.504 e. The minimum absolute atomic E-state index is 0.0701. The van der Waals surface area contributed by atoms with E-state index in [2.05, 4.69) is 9.74 Å². The molecule has 0 radical (unpaired) electrons. The second kappa shape index (κ2) is 12.1. The van der Waals surface area contributed by atoms with E-state index in [9.17, 15) is 14.3 Å². The molecule has 2 heterocycles. The summed E-state index contributed by atoms with van der Waals surface area (Å²) in [7, 11) is 0. The van der Waals surface area contributed by atoms with Crippen molar-refractivity contribution in [1.29, 1.82) is 0 Å². The molecule has 2 aromatic rings. The number of ether oxygens (including phenoxy) is 1. The normalized spacial score (nSPS) is 19.1. The van der Waals surface area contributed by atoms with Crippen LogP contribution in [0.25, 0.3) is 16.0 Å². The molecular weight excluding hydrogens is 469 g/mol. The molecule has 6 nitrogen and oxygen atoms in total. The van der Waals surface area contributed by atoms with Crippen molar-refractivity contribution in [2.24, 2.45) is 5.92 Å². The summed E-state index contributed by atoms with van der Waals surface area (Å²) in [6.45, 7) is 15.3. The molecule has 0 aliphatic carbocycles. The van der Waals surface area contributed by atoms with E-state index >= 15 is 0 Å². The van der Waals surface area contributed by atoms with E-state index in [-0.39, 0.29) is 5.91 Å². The van der Waals surface area contributed by atoms with E-state index in [4.69, 9.17) is 11.3 Å². The lowest BCUT2D eigenvalue weighted by atomic mass is 9.94. The molecule has 0 aromatic heterocycles. The van der Waals surface area contributed by atoms with Crippen LogP contribution in [0, 0.1) is 12.5 Å². The number of rotatable bonds is 9. The highest BCUT2D eigenvalue weighted by molar-refractivity contribution is 5.95. The Kier molecular flexibility index (Phi) is 8.83. The third kappa shape index (κ3) is 6.68. The van der Waals surface area contributed by atoms with Gasteiger partial charge in [0.15, 0.2) is 0 Å². The fraction of sp³-hybridized carbons (Fsp3) is 0.533. The third-order valence-corrected chi connectivity index (χ3v) is 7.95. The number of piperidine rings is 1. The van der Waals surface area contributed by atoms with Crippen molar-refractivity contribution in [3.05, 3.63) is 59.4 Å². The standard InChI is InChI=1S/C30H38FN3O3/c1-4-30(31,5-2)21-33-15-12-22(13-16-33)20-37-28-11-10-25(18-27(28)32-3)23-6-8-24(9-7-23)29(36)34-17-14-26(35)19-34/h6-11,18,22,26,35H,4-5,12-17,19-21H2,1-2H3/t26-/m0/s1. The number of hydrogen-bond acceptors (Lipinski definition) is 4. The maximum Gasteiger partial charge on any atom is 0.253 e. The van der Waals surface area contributed by atoms with E-state index < -0.39 is 11.8 Å². The van der Waals surface area contributed by atoms with Crippen LogP contribution >= 0.6 is 0 Å². The van der Waals surface area contributed by atoms with E-state index in [1.54, 1.807) is 17.0 Å². The molecule has 2 saturated heterocycles. The second-order valence-corrected chi connectivity index (χ2v) is 10.5. The lowest BCUT2D eigenvalue weighted by Gasteiger charge is -2.36. The Bertz CT molecular complexity index is 1100. The van der Waals surface area contributed by atoms with Crippen LogP contribution in [0.2, 0.25) is 0 Å². The molecular formula is C30H38FN3O3. The predicted molar refractivity (Wildman–Crippen MR) is 144 cm³/mol. The lowest BCUT2D eigenvalue weighted by Crippen LogP contribution is -2.44. The number of aliphatic hydroxyl groups excluding tert-OH is 1. The number of benzene rings is 2. The number of β-amino-alcohol motifs (C(OH)–C–C–N with tert-alkyl or cyclic N) is 1. The van der Waals surface area contributed by atoms with Crippen molar-refractivity contribution in [3.8, 4) is 16.9 Å². The highest BCUT2D eigenvalue weighted by Gasteiger charge is 2.30. The van der Waals surface area contributed by atoms with Crippen LogP contribution in [-0.4, -0.2) is 71.9 Å². The molecule has 1 atom stereocenters. The van der Waals surface area contributed by atoms with Crippen LogP contribution in [0.5, 0.6) is 5.75 Å². The Morgan fingerprint density at radius 2 is 1.76 bits per heavy atom. The Hall–Kier alpha value is -2.95. The molecule has 4 rings (SSSR count). The monoisotopic (exact) mass is 507 g/mol. The van der Waals surface area contributed by atoms with Gasteiger partial charge in [-0.1, -0.05) is 32.0 Å². The number of carbonyl (C=O) groups excluding carboxylic acids is 1. The zero-order chi connectivity index (χ0) is 26.4. The van der Waals surface area contributed by atoms with Gasteiger partial charge in [0.2, 0.25) is 5.69 Å². The van der Waals surface area contributed by atoms with Crippen molar-refractivity contribution in [1.82, 2.24) is 9.80 Å². The second-order valence-electron chi connectivity index (χ2n) is 10.5. The number of likely N-dealkylation sites (tertiary alicyclic amines) is 2. The minimum atomic E-state index is -1.09. The van der Waals surface area contributed by atoms with Crippen molar-refractivity contribution in [2.45, 2.75) is 57.7 Å². The van der Waals surface area contributed by atoms with Gasteiger partial charge in [0.05, 0.1) is 19.3 Å².